The molecule has 0 unspecified atom stereocenters. The van der Waals surface area contributed by atoms with Crippen molar-refractivity contribution in [3.05, 3.63) is 29.3 Å². The number of hydrogen-bond donors (Lipinski definition) is 1. The monoisotopic (exact) mass is 225 g/mol. The first kappa shape index (κ1) is 10.8. The van der Waals surface area contributed by atoms with Gasteiger partial charge in [0.1, 0.15) is 5.75 Å². The molecule has 0 spiro atoms. The maximum Gasteiger partial charge on any atom is 0.137 e. The van der Waals surface area contributed by atoms with E-state index in [2.05, 4.69) is 0 Å². The van der Waals surface area contributed by atoms with E-state index >= 15 is 0 Å². The van der Waals surface area contributed by atoms with Crippen LogP contribution >= 0.6 is 11.6 Å². The molecule has 0 atom stereocenters. The molecule has 2 rings (SSSR count). The lowest BCUT2D eigenvalue weighted by Crippen LogP contribution is -2.22. The minimum Gasteiger partial charge on any atom is -0.492 e. The summed E-state index contributed by atoms with van der Waals surface area (Å²) in [5, 5.41) is 0.673. The van der Waals surface area contributed by atoms with Crippen molar-refractivity contribution in [3.8, 4) is 5.75 Å². The summed E-state index contributed by atoms with van der Waals surface area (Å²) >= 11 is 5.96. The predicted molar refractivity (Wildman–Crippen MR) is 62.3 cm³/mol. The van der Waals surface area contributed by atoms with Crippen molar-refractivity contribution in [1.29, 1.82) is 0 Å². The molecule has 0 heterocycles. The minimum atomic E-state index is 0.129. The van der Waals surface area contributed by atoms with Gasteiger partial charge in [-0.3, -0.25) is 0 Å². The normalized spacial score (nSPS) is 17.5. The maximum absolute atomic E-state index is 5.97. The van der Waals surface area contributed by atoms with E-state index in [0.717, 1.165) is 18.6 Å². The number of benzene rings is 1. The lowest BCUT2D eigenvalue weighted by atomic mass is 10.1. The molecule has 3 heteroatoms. The fourth-order valence-electron chi connectivity index (χ4n) is 1.58. The molecular weight excluding hydrogens is 210 g/mol. The predicted octanol–water partition coefficient (Wildman–Crippen LogP) is 2.99. The van der Waals surface area contributed by atoms with Gasteiger partial charge in [-0.25, -0.2) is 0 Å². The van der Waals surface area contributed by atoms with Gasteiger partial charge in [-0.05, 0) is 37.8 Å². The smallest absolute Gasteiger partial charge is 0.137 e. The van der Waals surface area contributed by atoms with Gasteiger partial charge in [0.15, 0.2) is 0 Å². The highest BCUT2D eigenvalue weighted by molar-refractivity contribution is 6.32. The van der Waals surface area contributed by atoms with Crippen molar-refractivity contribution >= 4 is 11.6 Å². The number of nitrogens with two attached hydrogens (primary N) is 1. The molecule has 1 aliphatic carbocycles. The van der Waals surface area contributed by atoms with Crippen LogP contribution in [0.5, 0.6) is 5.75 Å². The number of para-hydroxylation sites is 1. The first-order chi connectivity index (χ1) is 7.20. The first-order valence-corrected chi connectivity index (χ1v) is 5.74. The van der Waals surface area contributed by atoms with Crippen molar-refractivity contribution in [2.45, 2.75) is 31.2 Å². The molecule has 0 aromatic heterocycles. The Balaban J connectivity index is 1.71. The van der Waals surface area contributed by atoms with E-state index < -0.39 is 0 Å². The highest BCUT2D eigenvalue weighted by Crippen LogP contribution is 2.36. The van der Waals surface area contributed by atoms with Crippen molar-refractivity contribution in [2.24, 2.45) is 5.73 Å². The van der Waals surface area contributed by atoms with Gasteiger partial charge in [0, 0.05) is 5.54 Å². The fourth-order valence-corrected chi connectivity index (χ4v) is 1.77. The second kappa shape index (κ2) is 4.42. The molecule has 15 heavy (non-hydrogen) atoms. The fraction of sp³-hybridized carbons (Fsp3) is 0.500. The molecule has 0 aliphatic heterocycles. The Kier molecular flexibility index (Phi) is 3.17. The molecule has 0 saturated heterocycles. The maximum atomic E-state index is 5.97. The number of rotatable bonds is 5. The molecule has 0 amide bonds. The second-order valence-corrected chi connectivity index (χ2v) is 4.65. The van der Waals surface area contributed by atoms with E-state index in [9.17, 15) is 0 Å². The van der Waals surface area contributed by atoms with Crippen LogP contribution in [0.2, 0.25) is 5.02 Å². The molecule has 1 aromatic carbocycles. The molecule has 0 radical (unpaired) electrons. The van der Waals surface area contributed by atoms with Crippen molar-refractivity contribution < 1.29 is 4.74 Å². The van der Waals surface area contributed by atoms with Crippen LogP contribution < -0.4 is 10.5 Å². The molecule has 82 valence electrons. The molecule has 2 N–H and O–H groups in total. The third kappa shape index (κ3) is 3.11. The zero-order chi connectivity index (χ0) is 10.7. The van der Waals surface area contributed by atoms with E-state index in [1.54, 1.807) is 0 Å². The largest absolute Gasteiger partial charge is 0.492 e. The Hall–Kier alpha value is -0.730. The number of hydrogen-bond acceptors (Lipinski definition) is 2. The lowest BCUT2D eigenvalue weighted by molar-refractivity contribution is 0.299. The Morgan fingerprint density at radius 1 is 1.33 bits per heavy atom. The summed E-state index contributed by atoms with van der Waals surface area (Å²) in [6, 6.07) is 7.54. The average molecular weight is 226 g/mol. The third-order valence-corrected chi connectivity index (χ3v) is 3.12. The van der Waals surface area contributed by atoms with E-state index in [1.807, 2.05) is 24.3 Å². The SMILES string of the molecule is NC1(CCCOc2ccccc2Cl)CC1. The Morgan fingerprint density at radius 2 is 2.07 bits per heavy atom. The van der Waals surface area contributed by atoms with Crippen LogP contribution in [0.1, 0.15) is 25.7 Å². The molecule has 1 saturated carbocycles. The van der Waals surface area contributed by atoms with Crippen LogP contribution in [0.4, 0.5) is 0 Å². The van der Waals surface area contributed by atoms with Crippen molar-refractivity contribution in [1.82, 2.24) is 0 Å². The zero-order valence-corrected chi connectivity index (χ0v) is 9.46. The molecule has 0 bridgehead atoms. The van der Waals surface area contributed by atoms with Crippen molar-refractivity contribution in [2.75, 3.05) is 6.61 Å². The standard InChI is InChI=1S/C12H16ClNO/c13-10-4-1-2-5-11(10)15-9-3-6-12(14)7-8-12/h1-2,4-5H,3,6-9,14H2. The third-order valence-electron chi connectivity index (χ3n) is 2.81. The number of halogens is 1. The van der Waals surface area contributed by atoms with Gasteiger partial charge in [-0.1, -0.05) is 23.7 Å². The Morgan fingerprint density at radius 3 is 2.73 bits per heavy atom. The molecular formula is C12H16ClNO. The Labute approximate surface area is 95.4 Å². The average Bonchev–Trinajstić information content (AvgIpc) is 2.94. The summed E-state index contributed by atoms with van der Waals surface area (Å²) in [6.07, 6.45) is 4.39. The van der Waals surface area contributed by atoms with Gasteiger partial charge in [-0.2, -0.15) is 0 Å². The molecule has 1 fully saturated rings. The van der Waals surface area contributed by atoms with Gasteiger partial charge < -0.3 is 10.5 Å². The zero-order valence-electron chi connectivity index (χ0n) is 8.71. The van der Waals surface area contributed by atoms with E-state index in [-0.39, 0.29) is 5.54 Å². The van der Waals surface area contributed by atoms with Crippen LogP contribution in [-0.4, -0.2) is 12.1 Å². The highest BCUT2D eigenvalue weighted by Gasteiger charge is 2.37. The first-order valence-electron chi connectivity index (χ1n) is 5.36. The highest BCUT2D eigenvalue weighted by atomic mass is 35.5. The summed E-state index contributed by atoms with van der Waals surface area (Å²) in [5.74, 6) is 0.765. The van der Waals surface area contributed by atoms with Crippen LogP contribution in [0.3, 0.4) is 0 Å². The quantitative estimate of drug-likeness (QED) is 0.782. The van der Waals surface area contributed by atoms with Crippen molar-refractivity contribution in [3.63, 3.8) is 0 Å². The number of ether oxygens (including phenoxy) is 1. The van der Waals surface area contributed by atoms with E-state index in [4.69, 9.17) is 22.1 Å². The molecule has 1 aliphatic rings. The summed E-state index contributed by atoms with van der Waals surface area (Å²) in [5.41, 5.74) is 6.10. The van der Waals surface area contributed by atoms with Gasteiger partial charge in [-0.15, -0.1) is 0 Å². The lowest BCUT2D eigenvalue weighted by Gasteiger charge is -2.10. The van der Waals surface area contributed by atoms with Crippen LogP contribution in [0.25, 0.3) is 0 Å². The summed E-state index contributed by atoms with van der Waals surface area (Å²) in [4.78, 5) is 0. The topological polar surface area (TPSA) is 35.2 Å². The van der Waals surface area contributed by atoms with E-state index in [0.29, 0.717) is 11.6 Å². The minimum absolute atomic E-state index is 0.129. The van der Waals surface area contributed by atoms with Crippen LogP contribution in [0, 0.1) is 0 Å². The summed E-state index contributed by atoms with van der Waals surface area (Å²) < 4.78 is 5.57. The van der Waals surface area contributed by atoms with Gasteiger partial charge >= 0.3 is 0 Å². The molecule has 2 nitrogen and oxygen atoms in total. The van der Waals surface area contributed by atoms with E-state index in [1.165, 1.54) is 12.8 Å². The van der Waals surface area contributed by atoms with Gasteiger partial charge in [0.2, 0.25) is 0 Å². The van der Waals surface area contributed by atoms with Gasteiger partial charge in [0.05, 0.1) is 11.6 Å². The van der Waals surface area contributed by atoms with Gasteiger partial charge in [0.25, 0.3) is 0 Å². The Bertz CT molecular complexity index is 336. The van der Waals surface area contributed by atoms with Crippen LogP contribution in [0.15, 0.2) is 24.3 Å². The van der Waals surface area contributed by atoms with Crippen LogP contribution in [-0.2, 0) is 0 Å². The second-order valence-electron chi connectivity index (χ2n) is 4.24. The summed E-state index contributed by atoms with van der Waals surface area (Å²) in [7, 11) is 0. The molecule has 1 aromatic rings. The summed E-state index contributed by atoms with van der Waals surface area (Å²) in [6.45, 7) is 0.697.